The van der Waals surface area contributed by atoms with E-state index in [9.17, 15) is 0 Å². The van der Waals surface area contributed by atoms with Crippen molar-refractivity contribution in [2.24, 2.45) is 0 Å². The van der Waals surface area contributed by atoms with Gasteiger partial charge in [-0.15, -0.1) is 0 Å². The molecule has 0 aromatic rings. The fourth-order valence-corrected chi connectivity index (χ4v) is 0. The van der Waals surface area contributed by atoms with E-state index >= 15 is 0 Å². The monoisotopic (exact) mass is 650 g/mol. The van der Waals surface area contributed by atoms with Crippen LogP contribution < -0.4 is 140 Å². The van der Waals surface area contributed by atoms with Gasteiger partial charge >= 0.3 is 150 Å². The van der Waals surface area contributed by atoms with E-state index < -0.39 is 31.3 Å². The summed E-state index contributed by atoms with van der Waals surface area (Å²) < 4.78 is 34.2. The summed E-state index contributed by atoms with van der Waals surface area (Å²) in [5.41, 5.74) is 0. The molecule has 0 rings (SSSR count). The second-order valence-electron chi connectivity index (χ2n) is 1.79. The topological polar surface area (TPSA) is 376 Å². The molecule has 0 amide bonds. The molecule has 0 aliphatic rings. The average molecular weight is 650 g/mol. The standard InChI is InChI=1S/Al.Cr.Fe.K.Mn.Na.4H3O4P.H2O/c;;;;;;4*1-5(2,3)4;/h;;;;;;4*(H3,1,2,3,4);1H2/q2*+3;+2;+1;+2;+1;;;;;/p-12. The van der Waals surface area contributed by atoms with Gasteiger partial charge in [0.1, 0.15) is 0 Å². The van der Waals surface area contributed by atoms with Gasteiger partial charge in [-0.05, 0) is 0 Å². The zero-order valence-electron chi connectivity index (χ0n) is 12.5. The van der Waals surface area contributed by atoms with Crippen molar-refractivity contribution in [1.29, 1.82) is 0 Å². The Labute approximate surface area is 259 Å². The van der Waals surface area contributed by atoms with E-state index in [1.807, 2.05) is 0 Å². The molecule has 27 heavy (non-hydrogen) atoms. The van der Waals surface area contributed by atoms with Crippen molar-refractivity contribution >= 4 is 48.7 Å². The predicted molar refractivity (Wildman–Crippen MR) is 39.8 cm³/mol. The summed E-state index contributed by atoms with van der Waals surface area (Å²) in [6, 6.07) is 0. The van der Waals surface area contributed by atoms with Crippen molar-refractivity contribution in [3.8, 4) is 0 Å². The average Bonchev–Trinajstić information content (AvgIpc) is 1.62. The molecule has 0 aliphatic heterocycles. The molecule has 0 spiro atoms. The van der Waals surface area contributed by atoms with E-state index in [1.54, 1.807) is 0 Å². The number of hydrogen-bond acceptors (Lipinski definition) is 16. The molecule has 17 nitrogen and oxygen atoms in total. The van der Waals surface area contributed by atoms with Crippen LogP contribution >= 0.6 is 31.3 Å². The first-order valence-corrected chi connectivity index (χ1v) is 8.76. The third-order valence-electron chi connectivity index (χ3n) is 0. The van der Waals surface area contributed by atoms with Crippen LogP contribution in [-0.4, -0.2) is 22.8 Å². The molecular weight excluding hydrogens is 648 g/mol. The Balaban J connectivity index is -0.0000000129. The molecule has 0 bridgehead atoms. The van der Waals surface area contributed by atoms with Gasteiger partial charge in [0.05, 0.1) is 0 Å². The Morgan fingerprint density at radius 1 is 0.481 bits per heavy atom. The maximum atomic E-state index is 8.55. The molecule has 2 radical (unpaired) electrons. The Hall–Kier alpha value is 5.14. The summed E-state index contributed by atoms with van der Waals surface area (Å²) in [6.07, 6.45) is 0. The van der Waals surface area contributed by atoms with Crippen molar-refractivity contribution in [3.05, 3.63) is 0 Å². The van der Waals surface area contributed by atoms with Crippen LogP contribution in [0.4, 0.5) is 0 Å². The molecule has 27 heteroatoms. The fraction of sp³-hybridized carbons (Fsp3) is 0. The molecule has 0 fully saturated rings. The van der Waals surface area contributed by atoms with E-state index in [0.717, 1.165) is 0 Å². The Bertz CT molecular complexity index is 316. The molecule has 0 saturated carbocycles. The summed E-state index contributed by atoms with van der Waals surface area (Å²) in [4.78, 5) is 103. The largest absolute Gasteiger partial charge is 3.00 e. The van der Waals surface area contributed by atoms with Gasteiger partial charge in [0.2, 0.25) is 0 Å². The van der Waals surface area contributed by atoms with Crippen LogP contribution in [0.15, 0.2) is 0 Å². The van der Waals surface area contributed by atoms with E-state index in [-0.39, 0.29) is 155 Å². The van der Waals surface area contributed by atoms with Crippen LogP contribution in [-0.2, 0) is 69.8 Å². The first kappa shape index (κ1) is 69.7. The normalized spacial score (nSPS) is 8.74. The van der Waals surface area contributed by atoms with Crippen molar-refractivity contribution < 1.29 is 215 Å². The smallest absolute Gasteiger partial charge is 0.822 e. The van der Waals surface area contributed by atoms with E-state index in [1.165, 1.54) is 0 Å². The third-order valence-corrected chi connectivity index (χ3v) is 0. The molecule has 150 valence electrons. The van der Waals surface area contributed by atoms with Gasteiger partial charge in [-0.3, -0.25) is 0 Å². The predicted octanol–water partition coefficient (Wildman–Crippen LogP) is -18.5. The van der Waals surface area contributed by atoms with Crippen LogP contribution in [0.1, 0.15) is 0 Å². The summed E-state index contributed by atoms with van der Waals surface area (Å²) in [7, 11) is -21.6. The first-order valence-electron chi connectivity index (χ1n) is 2.92. The second-order valence-corrected chi connectivity index (χ2v) is 5.37. The van der Waals surface area contributed by atoms with Gasteiger partial charge in [0.25, 0.3) is 0 Å². The van der Waals surface area contributed by atoms with Crippen molar-refractivity contribution in [2.45, 2.75) is 0 Å². The van der Waals surface area contributed by atoms with Crippen LogP contribution in [0, 0.1) is 0 Å². The Morgan fingerprint density at radius 3 is 0.481 bits per heavy atom. The van der Waals surface area contributed by atoms with Crippen molar-refractivity contribution in [1.82, 2.24) is 0 Å². The van der Waals surface area contributed by atoms with Crippen LogP contribution in [0.2, 0.25) is 0 Å². The van der Waals surface area contributed by atoms with Gasteiger partial charge in [0.15, 0.2) is 0 Å². The van der Waals surface area contributed by atoms with Gasteiger partial charge in [0, 0.05) is 0 Å². The number of rotatable bonds is 0. The third kappa shape index (κ3) is 1000. The summed E-state index contributed by atoms with van der Waals surface area (Å²) >= 11 is 0. The van der Waals surface area contributed by atoms with E-state index in [4.69, 9.17) is 77.0 Å². The Kier molecular flexibility index (Phi) is 86.0. The molecule has 2 N–H and O–H groups in total. The quantitative estimate of drug-likeness (QED) is 0.173. The maximum absolute atomic E-state index is 8.55. The van der Waals surface area contributed by atoms with Gasteiger partial charge in [-0.2, -0.15) is 31.3 Å². The molecule has 0 aliphatic carbocycles. The van der Waals surface area contributed by atoms with Crippen LogP contribution in [0.3, 0.4) is 0 Å². The SMILES string of the molecule is O.O=P([O-])([O-])[O-].O=P([O-])([O-])[O-].O=P([O-])([O-])[O-].O=P([O-])([O-])[O-].[Al+3].[Cr+3].[Fe+2].[K+].[Mn+2].[Na+]. The molecule has 0 saturated heterocycles. The number of phosphoric acid groups is 4. The van der Waals surface area contributed by atoms with Gasteiger partial charge < -0.3 is 82.5 Å². The van der Waals surface area contributed by atoms with Crippen LogP contribution in [0.5, 0.6) is 0 Å². The molecule has 0 aromatic heterocycles. The minimum atomic E-state index is -5.39. The Morgan fingerprint density at radius 2 is 0.481 bits per heavy atom. The molecule has 0 atom stereocenters. The summed E-state index contributed by atoms with van der Waals surface area (Å²) in [6.45, 7) is 0. The van der Waals surface area contributed by atoms with Crippen molar-refractivity contribution in [2.75, 3.05) is 0 Å². The number of hydrogen-bond donors (Lipinski definition) is 0. The zero-order valence-corrected chi connectivity index (χ0v) is 26.0. The van der Waals surface area contributed by atoms with E-state index in [2.05, 4.69) is 0 Å². The minimum Gasteiger partial charge on any atom is -0.822 e. The fourth-order valence-electron chi connectivity index (χ4n) is 0. The minimum absolute atomic E-state index is 0. The molecule has 0 aromatic carbocycles. The maximum Gasteiger partial charge on any atom is 3.00 e. The second kappa shape index (κ2) is 33.3. The molecular formula is H2AlCrFeKMnNaO17P4. The van der Waals surface area contributed by atoms with Gasteiger partial charge in [-0.25, -0.2) is 0 Å². The van der Waals surface area contributed by atoms with Crippen LogP contribution in [0.25, 0.3) is 0 Å². The summed E-state index contributed by atoms with van der Waals surface area (Å²) in [5, 5.41) is 0. The van der Waals surface area contributed by atoms with Crippen molar-refractivity contribution in [3.63, 3.8) is 0 Å². The summed E-state index contributed by atoms with van der Waals surface area (Å²) in [5.74, 6) is 0. The zero-order chi connectivity index (χ0) is 18.0. The molecule has 0 heterocycles. The van der Waals surface area contributed by atoms with Gasteiger partial charge in [-0.1, -0.05) is 0 Å². The molecule has 0 unspecified atom stereocenters. The first-order chi connectivity index (χ1) is 8.00. The van der Waals surface area contributed by atoms with E-state index in [0.29, 0.717) is 0 Å².